The quantitative estimate of drug-likeness (QED) is 0.0709. The Bertz CT molecular complexity index is 4030. The second-order valence-corrected chi connectivity index (χ2v) is 26.0. The molecule has 0 spiro atoms. The number of alkyl halides is 6. The van der Waals surface area contributed by atoms with E-state index in [2.05, 4.69) is 15.7 Å². The van der Waals surface area contributed by atoms with Crippen LogP contribution in [0.4, 0.5) is 26.3 Å². The molecule has 444 valence electrons. The summed E-state index contributed by atoms with van der Waals surface area (Å²) in [5, 5.41) is 16.9. The van der Waals surface area contributed by atoms with Gasteiger partial charge in [0, 0.05) is 59.3 Å². The highest BCUT2D eigenvalue weighted by molar-refractivity contribution is 8.13. The van der Waals surface area contributed by atoms with Gasteiger partial charge >= 0.3 is 22.5 Å². The van der Waals surface area contributed by atoms with E-state index in [1.165, 1.54) is 18.6 Å². The Labute approximate surface area is 498 Å². The zero-order chi connectivity index (χ0) is 60.3. The zero-order valence-electron chi connectivity index (χ0n) is 44.3. The Morgan fingerprint density at radius 3 is 1.29 bits per heavy atom. The van der Waals surface area contributed by atoms with Crippen molar-refractivity contribution in [1.29, 1.82) is 0 Å². The van der Waals surface area contributed by atoms with Gasteiger partial charge in [-0.3, -0.25) is 9.59 Å². The van der Waals surface area contributed by atoms with E-state index in [4.69, 9.17) is 50.6 Å². The first kappa shape index (κ1) is 63.0. The van der Waals surface area contributed by atoms with E-state index in [0.717, 1.165) is 86.3 Å². The summed E-state index contributed by atoms with van der Waals surface area (Å²) in [6.45, 7) is 7.08. The molecule has 8 aromatic rings. The molecule has 2 aliphatic rings. The molecule has 2 saturated heterocycles. The summed E-state index contributed by atoms with van der Waals surface area (Å²) in [4.78, 5) is 27.5. The average Bonchev–Trinajstić information content (AvgIpc) is 1.87. The van der Waals surface area contributed by atoms with Crippen LogP contribution in [0.15, 0.2) is 119 Å². The highest BCUT2D eigenvalue weighted by atomic mass is 35.7. The number of aromatic hydroxyl groups is 1. The molecule has 0 aliphatic carbocycles. The van der Waals surface area contributed by atoms with Crippen molar-refractivity contribution in [2.75, 3.05) is 47.7 Å². The van der Waals surface area contributed by atoms with Crippen molar-refractivity contribution < 1.29 is 52.5 Å². The van der Waals surface area contributed by atoms with E-state index in [9.17, 15) is 57.9 Å². The van der Waals surface area contributed by atoms with Crippen LogP contribution in [-0.4, -0.2) is 90.5 Å². The maximum absolute atomic E-state index is 13.8. The Morgan fingerprint density at radius 1 is 0.542 bits per heavy atom. The number of fused-ring (bicyclic) bond motifs is 2. The van der Waals surface area contributed by atoms with Crippen molar-refractivity contribution in [2.45, 2.75) is 77.6 Å². The number of aromatic nitrogens is 4. The van der Waals surface area contributed by atoms with Crippen LogP contribution < -0.4 is 25.3 Å². The Balaban J connectivity index is 0.000000190. The molecule has 10 rings (SSSR count). The SMILES string of the molecule is Cc1c(-c2ccc(O)cc2)n(-c2ccc(Cl)cc2Cl)c2ccn(N3CCCCC3)c(=O)c12.Cc1c(-c2ccc(OS(=O)(=O)CCC(F)(F)F)cc2)n(-c2ccc(Cl)cc2Cl)c2ccn(N3CCCCC3)c(=O)c12.O=S(=O)(Cl)CCC(F)(F)F. The summed E-state index contributed by atoms with van der Waals surface area (Å²) in [7, 11) is -3.95. The molecule has 6 heterocycles. The van der Waals surface area contributed by atoms with E-state index >= 15 is 0 Å². The molecule has 4 aromatic heterocycles. The minimum absolute atomic E-state index is 0.0363. The lowest BCUT2D eigenvalue weighted by Crippen LogP contribution is -2.45. The maximum Gasteiger partial charge on any atom is 0.390 e. The van der Waals surface area contributed by atoms with E-state index in [1.54, 1.807) is 70.1 Å². The normalized spacial score (nSPS) is 14.3. The molecule has 4 aromatic carbocycles. The van der Waals surface area contributed by atoms with Crippen LogP contribution in [0.1, 0.15) is 62.5 Å². The first-order chi connectivity index (χ1) is 39.0. The van der Waals surface area contributed by atoms with Gasteiger partial charge in [0.15, 0.2) is 0 Å². The molecule has 2 fully saturated rings. The van der Waals surface area contributed by atoms with Crippen molar-refractivity contribution >= 4 is 98.1 Å². The fourth-order valence-corrected chi connectivity index (χ4v) is 12.7. The number of hydrogen-bond donors (Lipinski definition) is 1. The van der Waals surface area contributed by atoms with Gasteiger partial charge in [-0.25, -0.2) is 17.8 Å². The number of hydrogen-bond acceptors (Lipinski definition) is 10. The van der Waals surface area contributed by atoms with Crippen LogP contribution >= 0.6 is 57.1 Å². The standard InChI is InChI=1S/C28H26Cl2F3N3O4S.C25H23Cl2N3O2.C3H4ClF3O2S/c1-18-25-24(11-15-35(27(25)37)34-13-3-2-4-14-34)36(23-10-7-20(29)17-22(23)30)26(18)19-5-8-21(9-6-19)40-41(38,39)16-12-28(31,32)33;1-16-23-22(11-14-29(25(23)32)28-12-3-2-4-13-28)30(21-10-7-18(26)15-20(21)27)24(16)17-5-8-19(31)9-6-17;4-10(8,9)2-1-3(5,6)7/h5-11,15,17H,2-4,12-14,16H2,1H3;5-11,14-15,31H,2-4,12-13H2,1H3;1-2H2. The van der Waals surface area contributed by atoms with Gasteiger partial charge in [-0.1, -0.05) is 46.4 Å². The average molecular weight is 1290 g/mol. The predicted octanol–water partition coefficient (Wildman–Crippen LogP) is 14.3. The van der Waals surface area contributed by atoms with Gasteiger partial charge in [0.1, 0.15) is 11.5 Å². The molecule has 0 atom stereocenters. The van der Waals surface area contributed by atoms with Crippen molar-refractivity contribution in [2.24, 2.45) is 0 Å². The third-order valence-electron chi connectivity index (χ3n) is 13.8. The topological polar surface area (TPSA) is 158 Å². The second kappa shape index (κ2) is 25.7. The molecule has 1 N–H and O–H groups in total. The van der Waals surface area contributed by atoms with Crippen LogP contribution in [0.2, 0.25) is 20.1 Å². The number of nitrogens with zero attached hydrogens (tertiary/aromatic N) is 6. The molecule has 0 unspecified atom stereocenters. The molecule has 14 nitrogen and oxygen atoms in total. The van der Waals surface area contributed by atoms with Gasteiger partial charge in [-0.05, 0) is 172 Å². The third kappa shape index (κ3) is 15.3. The van der Waals surface area contributed by atoms with Crippen LogP contribution in [-0.2, 0) is 19.2 Å². The van der Waals surface area contributed by atoms with E-state index < -0.39 is 55.9 Å². The van der Waals surface area contributed by atoms with Crippen molar-refractivity contribution in [3.8, 4) is 45.4 Å². The summed E-state index contributed by atoms with van der Waals surface area (Å²) in [6, 6.07) is 27.1. The lowest BCUT2D eigenvalue weighted by molar-refractivity contribution is -0.130. The van der Waals surface area contributed by atoms with Gasteiger partial charge in [0.2, 0.25) is 9.05 Å². The molecule has 2 aliphatic heterocycles. The molecule has 0 saturated carbocycles. The number of halogens is 11. The van der Waals surface area contributed by atoms with Crippen LogP contribution in [0.3, 0.4) is 0 Å². The highest BCUT2D eigenvalue weighted by Crippen LogP contribution is 2.40. The van der Waals surface area contributed by atoms with Crippen molar-refractivity contribution in [3.63, 3.8) is 0 Å². The number of pyridine rings is 2. The molecule has 83 heavy (non-hydrogen) atoms. The molecule has 0 bridgehead atoms. The van der Waals surface area contributed by atoms with Crippen molar-refractivity contribution in [1.82, 2.24) is 18.5 Å². The van der Waals surface area contributed by atoms with Gasteiger partial charge in [0.05, 0.1) is 79.0 Å². The Hall–Kier alpha value is -6.01. The molecular formula is C56H53Cl5F6N6O8S2. The lowest BCUT2D eigenvalue weighted by Gasteiger charge is -2.30. The molecule has 0 radical (unpaired) electrons. The van der Waals surface area contributed by atoms with Gasteiger partial charge in [-0.15, -0.1) is 0 Å². The monoisotopic (exact) mass is 1290 g/mol. The number of benzene rings is 4. The summed E-state index contributed by atoms with van der Waals surface area (Å²) < 4.78 is 128. The fourth-order valence-electron chi connectivity index (χ4n) is 10.0. The highest BCUT2D eigenvalue weighted by Gasteiger charge is 2.32. The lowest BCUT2D eigenvalue weighted by atomic mass is 10.1. The van der Waals surface area contributed by atoms with E-state index in [0.29, 0.717) is 58.9 Å². The van der Waals surface area contributed by atoms with Crippen molar-refractivity contribution in [3.05, 3.63) is 161 Å². The smallest absolute Gasteiger partial charge is 0.390 e. The molecule has 0 amide bonds. The number of phenols is 1. The largest absolute Gasteiger partial charge is 0.508 e. The number of piperidine rings is 2. The van der Waals surface area contributed by atoms with Crippen LogP contribution in [0.5, 0.6) is 11.5 Å². The Morgan fingerprint density at radius 2 is 0.928 bits per heavy atom. The summed E-state index contributed by atoms with van der Waals surface area (Å²) >= 11 is 25.5. The minimum Gasteiger partial charge on any atom is -0.508 e. The minimum atomic E-state index is -4.62. The number of aryl methyl sites for hydroxylation is 2. The molecule has 27 heteroatoms. The molecular weight excluding hydrogens is 1240 g/mol. The summed E-state index contributed by atoms with van der Waals surface area (Å²) in [5.41, 5.74) is 7.03. The van der Waals surface area contributed by atoms with Gasteiger partial charge in [-0.2, -0.15) is 34.8 Å². The second-order valence-electron chi connectivity index (χ2n) is 19.7. The first-order valence-corrected chi connectivity index (χ1v) is 31.4. The third-order valence-corrected chi connectivity index (χ3v) is 17.2. The van der Waals surface area contributed by atoms with Crippen LogP contribution in [0, 0.1) is 13.8 Å². The van der Waals surface area contributed by atoms with E-state index in [1.807, 2.05) is 64.5 Å². The Kier molecular flexibility index (Phi) is 19.5. The maximum atomic E-state index is 13.8. The summed E-state index contributed by atoms with van der Waals surface area (Å²) in [6.07, 6.45) is -1.89. The van der Waals surface area contributed by atoms with Crippen LogP contribution in [0.25, 0.3) is 55.7 Å². The fraction of sp³-hybridized carbons (Fsp3) is 0.321. The van der Waals surface area contributed by atoms with Gasteiger partial charge < -0.3 is 28.4 Å². The first-order valence-electron chi connectivity index (χ1n) is 25.8. The van der Waals surface area contributed by atoms with Gasteiger partial charge in [0.25, 0.3) is 11.1 Å². The summed E-state index contributed by atoms with van der Waals surface area (Å²) in [5.74, 6) is -2.19. The number of phenolic OH excluding ortho intramolecular Hbond substituents is 1. The zero-order valence-corrected chi connectivity index (χ0v) is 49.7. The number of rotatable bonds is 12. The predicted molar refractivity (Wildman–Crippen MR) is 316 cm³/mol. The van der Waals surface area contributed by atoms with E-state index in [-0.39, 0.29) is 22.6 Å².